The first kappa shape index (κ1) is 16.9. The van der Waals surface area contributed by atoms with Crippen LogP contribution in [0.1, 0.15) is 53.9 Å². The fraction of sp³-hybridized carbons (Fsp3) is 1.00. The summed E-state index contributed by atoms with van der Waals surface area (Å²) in [4.78, 5) is 5.24. The highest BCUT2D eigenvalue weighted by molar-refractivity contribution is 4.82. The van der Waals surface area contributed by atoms with Gasteiger partial charge in [-0.3, -0.25) is 4.90 Å². The summed E-state index contributed by atoms with van der Waals surface area (Å²) in [5.74, 6) is 0.805. The molecule has 3 heteroatoms. The molecule has 0 aromatic heterocycles. The average Bonchev–Trinajstić information content (AvgIpc) is 2.27. The Morgan fingerprint density at radius 2 is 1.58 bits per heavy atom. The monoisotopic (exact) mass is 269 g/mol. The molecule has 2 unspecified atom stereocenters. The molecule has 2 N–H and O–H groups in total. The van der Waals surface area contributed by atoms with Crippen LogP contribution in [0.3, 0.4) is 0 Å². The van der Waals surface area contributed by atoms with E-state index < -0.39 is 0 Å². The van der Waals surface area contributed by atoms with Crippen LogP contribution in [0.25, 0.3) is 0 Å². The number of hydrogen-bond acceptors (Lipinski definition) is 3. The Hall–Kier alpha value is -0.120. The van der Waals surface area contributed by atoms with Crippen molar-refractivity contribution in [3.8, 4) is 0 Å². The van der Waals surface area contributed by atoms with Crippen LogP contribution in [0.5, 0.6) is 0 Å². The molecule has 114 valence electrons. The van der Waals surface area contributed by atoms with Crippen LogP contribution in [0.2, 0.25) is 0 Å². The average molecular weight is 269 g/mol. The van der Waals surface area contributed by atoms with Crippen LogP contribution in [0, 0.1) is 5.92 Å². The van der Waals surface area contributed by atoms with Crippen LogP contribution < -0.4 is 5.73 Å². The maximum atomic E-state index is 5.80. The van der Waals surface area contributed by atoms with Gasteiger partial charge in [0.25, 0.3) is 0 Å². The van der Waals surface area contributed by atoms with Crippen molar-refractivity contribution in [2.45, 2.75) is 65.5 Å². The van der Waals surface area contributed by atoms with Crippen molar-refractivity contribution in [3.63, 3.8) is 0 Å². The third-order valence-corrected chi connectivity index (χ3v) is 4.25. The largest absolute Gasteiger partial charge is 0.328 e. The molecule has 19 heavy (non-hydrogen) atoms. The second-order valence-electron chi connectivity index (χ2n) is 7.47. The van der Waals surface area contributed by atoms with Gasteiger partial charge in [0.05, 0.1) is 0 Å². The van der Waals surface area contributed by atoms with Crippen molar-refractivity contribution < 1.29 is 0 Å². The summed E-state index contributed by atoms with van der Waals surface area (Å²) in [5.41, 5.74) is 6.13. The Kier molecular flexibility index (Phi) is 6.78. The first-order chi connectivity index (χ1) is 8.79. The number of piperazine rings is 1. The summed E-state index contributed by atoms with van der Waals surface area (Å²) >= 11 is 0. The maximum Gasteiger partial charge on any atom is 0.0126 e. The lowest BCUT2D eigenvalue weighted by Gasteiger charge is -2.42. The van der Waals surface area contributed by atoms with Crippen molar-refractivity contribution in [2.75, 3.05) is 32.7 Å². The first-order valence-electron chi connectivity index (χ1n) is 8.02. The molecule has 1 fully saturated rings. The topological polar surface area (TPSA) is 32.5 Å². The normalized spacial score (nSPS) is 22.4. The minimum absolute atomic E-state index is 0.328. The van der Waals surface area contributed by atoms with Gasteiger partial charge in [0, 0.05) is 44.3 Å². The Morgan fingerprint density at radius 3 is 2.05 bits per heavy atom. The summed E-state index contributed by atoms with van der Waals surface area (Å²) in [6.07, 6.45) is 3.77. The van der Waals surface area contributed by atoms with Crippen LogP contribution in [0.15, 0.2) is 0 Å². The third kappa shape index (κ3) is 6.73. The standard InChI is InChI=1S/C16H35N3/c1-14(7-6-8-15(2)17)13-18-9-11-19(12-10-18)16(3,4)5/h14-15H,6-13,17H2,1-5H3. The molecular formula is C16H35N3. The third-order valence-electron chi connectivity index (χ3n) is 4.25. The molecule has 1 aliphatic heterocycles. The van der Waals surface area contributed by atoms with E-state index in [1.807, 2.05) is 0 Å². The van der Waals surface area contributed by atoms with Gasteiger partial charge in [-0.1, -0.05) is 13.3 Å². The second-order valence-corrected chi connectivity index (χ2v) is 7.47. The Morgan fingerprint density at radius 1 is 1.00 bits per heavy atom. The molecule has 0 bridgehead atoms. The molecule has 0 amide bonds. The summed E-state index contributed by atoms with van der Waals surface area (Å²) < 4.78 is 0. The van der Waals surface area contributed by atoms with Gasteiger partial charge in [-0.05, 0) is 46.5 Å². The van der Waals surface area contributed by atoms with Gasteiger partial charge in [0.2, 0.25) is 0 Å². The van der Waals surface area contributed by atoms with E-state index in [1.54, 1.807) is 0 Å². The smallest absolute Gasteiger partial charge is 0.0126 e. The highest BCUT2D eigenvalue weighted by Crippen LogP contribution is 2.17. The molecule has 0 aliphatic carbocycles. The van der Waals surface area contributed by atoms with Gasteiger partial charge in [-0.15, -0.1) is 0 Å². The molecule has 1 saturated heterocycles. The Bertz CT molecular complexity index is 237. The molecule has 0 aromatic rings. The predicted molar refractivity (Wildman–Crippen MR) is 84.4 cm³/mol. The van der Waals surface area contributed by atoms with E-state index in [-0.39, 0.29) is 0 Å². The van der Waals surface area contributed by atoms with Crippen molar-refractivity contribution in [1.82, 2.24) is 9.80 Å². The SMILES string of the molecule is CC(N)CCCC(C)CN1CCN(C(C)(C)C)CC1. The molecule has 2 atom stereocenters. The molecule has 0 radical (unpaired) electrons. The lowest BCUT2D eigenvalue weighted by Crippen LogP contribution is -2.53. The molecule has 0 aromatic carbocycles. The molecule has 3 nitrogen and oxygen atoms in total. The van der Waals surface area contributed by atoms with E-state index in [0.29, 0.717) is 11.6 Å². The van der Waals surface area contributed by atoms with Gasteiger partial charge in [-0.2, -0.15) is 0 Å². The first-order valence-corrected chi connectivity index (χ1v) is 8.02. The maximum absolute atomic E-state index is 5.80. The zero-order valence-corrected chi connectivity index (χ0v) is 13.8. The molecule has 1 heterocycles. The van der Waals surface area contributed by atoms with Crippen molar-refractivity contribution in [3.05, 3.63) is 0 Å². The quantitative estimate of drug-likeness (QED) is 0.804. The second kappa shape index (κ2) is 7.61. The van der Waals surface area contributed by atoms with Gasteiger partial charge in [-0.25, -0.2) is 0 Å². The minimum Gasteiger partial charge on any atom is -0.328 e. The van der Waals surface area contributed by atoms with Gasteiger partial charge in [0.1, 0.15) is 0 Å². The fourth-order valence-electron chi connectivity index (χ4n) is 2.92. The summed E-state index contributed by atoms with van der Waals surface area (Å²) in [6.45, 7) is 17.6. The van der Waals surface area contributed by atoms with E-state index >= 15 is 0 Å². The molecule has 0 saturated carbocycles. The lowest BCUT2D eigenvalue weighted by atomic mass is 10.0. The van der Waals surface area contributed by atoms with E-state index in [4.69, 9.17) is 5.73 Å². The van der Waals surface area contributed by atoms with Crippen LogP contribution in [-0.4, -0.2) is 54.1 Å². The van der Waals surface area contributed by atoms with Crippen LogP contribution in [-0.2, 0) is 0 Å². The minimum atomic E-state index is 0.328. The van der Waals surface area contributed by atoms with E-state index in [9.17, 15) is 0 Å². The van der Waals surface area contributed by atoms with Crippen molar-refractivity contribution >= 4 is 0 Å². The van der Waals surface area contributed by atoms with Crippen molar-refractivity contribution in [1.29, 1.82) is 0 Å². The zero-order chi connectivity index (χ0) is 14.5. The number of nitrogens with zero attached hydrogens (tertiary/aromatic N) is 2. The van der Waals surface area contributed by atoms with Crippen LogP contribution in [0.4, 0.5) is 0 Å². The Balaban J connectivity index is 2.18. The zero-order valence-electron chi connectivity index (χ0n) is 13.8. The Labute approximate surface area is 120 Å². The fourth-order valence-corrected chi connectivity index (χ4v) is 2.92. The van der Waals surface area contributed by atoms with Gasteiger partial charge in [0.15, 0.2) is 0 Å². The van der Waals surface area contributed by atoms with Gasteiger partial charge >= 0.3 is 0 Å². The highest BCUT2D eigenvalue weighted by atomic mass is 15.3. The highest BCUT2D eigenvalue weighted by Gasteiger charge is 2.26. The van der Waals surface area contributed by atoms with E-state index in [1.165, 1.54) is 52.0 Å². The molecular weight excluding hydrogens is 234 g/mol. The summed E-state index contributed by atoms with van der Waals surface area (Å²) in [6, 6.07) is 0.363. The van der Waals surface area contributed by atoms with E-state index in [2.05, 4.69) is 44.4 Å². The van der Waals surface area contributed by atoms with Crippen LogP contribution >= 0.6 is 0 Å². The molecule has 0 spiro atoms. The lowest BCUT2D eigenvalue weighted by molar-refractivity contribution is 0.0557. The molecule has 1 aliphatic rings. The van der Waals surface area contributed by atoms with Crippen molar-refractivity contribution in [2.24, 2.45) is 11.7 Å². The number of hydrogen-bond donors (Lipinski definition) is 1. The molecule has 1 rings (SSSR count). The summed E-state index contributed by atoms with van der Waals surface area (Å²) in [5, 5.41) is 0. The van der Waals surface area contributed by atoms with Gasteiger partial charge < -0.3 is 10.6 Å². The number of nitrogens with two attached hydrogens (primary N) is 1. The number of rotatable bonds is 6. The summed E-state index contributed by atoms with van der Waals surface area (Å²) in [7, 11) is 0. The predicted octanol–water partition coefficient (Wildman–Crippen LogP) is 2.56. The van der Waals surface area contributed by atoms with E-state index in [0.717, 1.165) is 5.92 Å².